The molecule has 2 aromatic heterocycles. The molecular formula is C13H10ClN3O. The summed E-state index contributed by atoms with van der Waals surface area (Å²) in [4.78, 5) is 8.59. The van der Waals surface area contributed by atoms with Gasteiger partial charge in [0, 0.05) is 17.1 Å². The van der Waals surface area contributed by atoms with Gasteiger partial charge in [-0.25, -0.2) is 0 Å². The molecule has 0 aliphatic rings. The van der Waals surface area contributed by atoms with Gasteiger partial charge < -0.3 is 4.52 Å². The van der Waals surface area contributed by atoms with Crippen molar-refractivity contribution in [1.29, 1.82) is 0 Å². The second-order valence-electron chi connectivity index (χ2n) is 3.95. The molecule has 1 unspecified atom stereocenters. The summed E-state index contributed by atoms with van der Waals surface area (Å²) in [6.07, 6.45) is 1.76. The van der Waals surface area contributed by atoms with Crippen molar-refractivity contribution in [3.05, 3.63) is 42.4 Å². The van der Waals surface area contributed by atoms with E-state index in [0.29, 0.717) is 11.7 Å². The Morgan fingerprint density at radius 2 is 2.11 bits per heavy atom. The number of fused-ring (bicyclic) bond motifs is 1. The fourth-order valence-electron chi connectivity index (χ4n) is 1.80. The average Bonchev–Trinajstić information content (AvgIpc) is 2.87. The van der Waals surface area contributed by atoms with Crippen LogP contribution >= 0.6 is 11.6 Å². The number of alkyl halides is 1. The maximum absolute atomic E-state index is 5.92. The highest BCUT2D eigenvalue weighted by Gasteiger charge is 2.14. The Morgan fingerprint density at radius 1 is 1.22 bits per heavy atom. The van der Waals surface area contributed by atoms with Gasteiger partial charge in [0.1, 0.15) is 0 Å². The molecule has 0 saturated carbocycles. The molecule has 0 aliphatic heterocycles. The fraction of sp³-hybridized carbons (Fsp3) is 0.154. The predicted octanol–water partition coefficient (Wildman–Crippen LogP) is 3.58. The molecule has 0 saturated heterocycles. The van der Waals surface area contributed by atoms with Gasteiger partial charge in [0.05, 0.1) is 10.9 Å². The maximum atomic E-state index is 5.92. The molecule has 18 heavy (non-hydrogen) atoms. The standard InChI is InChI=1S/C13H10ClN3O/c1-8(14)12-16-13(18-17-12)10-4-2-6-11-9(10)5-3-7-15-11/h2-8H,1H3. The first-order valence-electron chi connectivity index (χ1n) is 5.57. The van der Waals surface area contributed by atoms with Crippen molar-refractivity contribution in [2.24, 2.45) is 0 Å². The second-order valence-corrected chi connectivity index (χ2v) is 4.60. The van der Waals surface area contributed by atoms with Crippen LogP contribution in [0.5, 0.6) is 0 Å². The molecule has 3 rings (SSSR count). The molecule has 1 aromatic carbocycles. The monoisotopic (exact) mass is 259 g/mol. The second kappa shape index (κ2) is 4.38. The summed E-state index contributed by atoms with van der Waals surface area (Å²) >= 11 is 5.92. The van der Waals surface area contributed by atoms with E-state index in [1.54, 1.807) is 13.1 Å². The first kappa shape index (κ1) is 11.2. The van der Waals surface area contributed by atoms with Gasteiger partial charge in [-0.15, -0.1) is 11.6 Å². The molecule has 4 nitrogen and oxygen atoms in total. The van der Waals surface area contributed by atoms with Crippen molar-refractivity contribution < 1.29 is 4.52 Å². The molecule has 2 heterocycles. The first-order valence-corrected chi connectivity index (χ1v) is 6.01. The van der Waals surface area contributed by atoms with Crippen molar-refractivity contribution >= 4 is 22.5 Å². The van der Waals surface area contributed by atoms with Gasteiger partial charge in [0.2, 0.25) is 0 Å². The van der Waals surface area contributed by atoms with Crippen LogP contribution in [-0.2, 0) is 0 Å². The molecule has 0 aliphatic carbocycles. The molecule has 0 fully saturated rings. The smallest absolute Gasteiger partial charge is 0.258 e. The van der Waals surface area contributed by atoms with Crippen LogP contribution < -0.4 is 0 Å². The molecule has 0 radical (unpaired) electrons. The van der Waals surface area contributed by atoms with E-state index < -0.39 is 0 Å². The largest absolute Gasteiger partial charge is 0.334 e. The molecule has 3 aromatic rings. The SMILES string of the molecule is CC(Cl)c1noc(-c2cccc3ncccc23)n1. The Morgan fingerprint density at radius 3 is 2.89 bits per heavy atom. The Balaban J connectivity index is 2.18. The van der Waals surface area contributed by atoms with Gasteiger partial charge in [0.15, 0.2) is 5.82 Å². The van der Waals surface area contributed by atoms with Crippen LogP contribution in [0.15, 0.2) is 41.1 Å². The summed E-state index contributed by atoms with van der Waals surface area (Å²) in [6.45, 7) is 1.81. The van der Waals surface area contributed by atoms with Crippen LogP contribution in [0.2, 0.25) is 0 Å². The van der Waals surface area contributed by atoms with Crippen LogP contribution in [0.4, 0.5) is 0 Å². The van der Waals surface area contributed by atoms with E-state index in [1.807, 2.05) is 30.3 Å². The third-order valence-corrected chi connectivity index (χ3v) is 2.87. The zero-order valence-corrected chi connectivity index (χ0v) is 10.4. The third kappa shape index (κ3) is 1.84. The zero-order chi connectivity index (χ0) is 12.5. The van der Waals surface area contributed by atoms with Gasteiger partial charge in [-0.2, -0.15) is 4.98 Å². The third-order valence-electron chi connectivity index (χ3n) is 2.67. The van der Waals surface area contributed by atoms with Gasteiger partial charge >= 0.3 is 0 Å². The maximum Gasteiger partial charge on any atom is 0.258 e. The number of hydrogen-bond donors (Lipinski definition) is 0. The number of benzene rings is 1. The minimum atomic E-state index is -0.268. The van der Waals surface area contributed by atoms with Crippen LogP contribution in [-0.4, -0.2) is 15.1 Å². The lowest BCUT2D eigenvalue weighted by Gasteiger charge is -2.00. The molecule has 0 bridgehead atoms. The van der Waals surface area contributed by atoms with E-state index in [4.69, 9.17) is 16.1 Å². The summed E-state index contributed by atoms with van der Waals surface area (Å²) in [7, 11) is 0. The van der Waals surface area contributed by atoms with Crippen LogP contribution in [0, 0.1) is 0 Å². The molecular weight excluding hydrogens is 250 g/mol. The van der Waals surface area contributed by atoms with Crippen molar-refractivity contribution in [3.63, 3.8) is 0 Å². The fourth-order valence-corrected chi connectivity index (χ4v) is 1.88. The van der Waals surface area contributed by atoms with E-state index in [0.717, 1.165) is 16.5 Å². The van der Waals surface area contributed by atoms with Crippen molar-refractivity contribution in [3.8, 4) is 11.5 Å². The highest BCUT2D eigenvalue weighted by molar-refractivity contribution is 6.20. The minimum Gasteiger partial charge on any atom is -0.334 e. The molecule has 90 valence electrons. The van der Waals surface area contributed by atoms with Gasteiger partial charge in [-0.05, 0) is 25.1 Å². The van der Waals surface area contributed by atoms with Crippen LogP contribution in [0.25, 0.3) is 22.4 Å². The quantitative estimate of drug-likeness (QED) is 0.660. The summed E-state index contributed by atoms with van der Waals surface area (Å²) in [6, 6.07) is 9.65. The highest BCUT2D eigenvalue weighted by Crippen LogP contribution is 2.27. The summed E-state index contributed by atoms with van der Waals surface area (Å²) < 4.78 is 5.25. The Bertz CT molecular complexity index is 688. The lowest BCUT2D eigenvalue weighted by molar-refractivity contribution is 0.423. The van der Waals surface area contributed by atoms with E-state index >= 15 is 0 Å². The molecule has 0 spiro atoms. The van der Waals surface area contributed by atoms with Crippen molar-refractivity contribution in [2.45, 2.75) is 12.3 Å². The summed E-state index contributed by atoms with van der Waals surface area (Å²) in [5, 5.41) is 4.58. The number of rotatable bonds is 2. The Kier molecular flexibility index (Phi) is 2.72. The van der Waals surface area contributed by atoms with Crippen LogP contribution in [0.3, 0.4) is 0 Å². The van der Waals surface area contributed by atoms with Gasteiger partial charge in [-0.3, -0.25) is 4.98 Å². The predicted molar refractivity (Wildman–Crippen MR) is 69.3 cm³/mol. The van der Waals surface area contributed by atoms with Gasteiger partial charge in [-0.1, -0.05) is 17.3 Å². The molecule has 0 amide bonds. The lowest BCUT2D eigenvalue weighted by Crippen LogP contribution is -1.87. The summed E-state index contributed by atoms with van der Waals surface area (Å²) in [5.74, 6) is 0.962. The average molecular weight is 260 g/mol. The van der Waals surface area contributed by atoms with Gasteiger partial charge in [0.25, 0.3) is 5.89 Å². The Hall–Kier alpha value is -1.94. The summed E-state index contributed by atoms with van der Waals surface area (Å²) in [5.41, 5.74) is 1.77. The topological polar surface area (TPSA) is 51.8 Å². The number of halogens is 1. The Labute approximate surface area is 109 Å². The van der Waals surface area contributed by atoms with Crippen molar-refractivity contribution in [2.75, 3.05) is 0 Å². The molecule has 5 heteroatoms. The lowest BCUT2D eigenvalue weighted by atomic mass is 10.1. The number of pyridine rings is 1. The number of nitrogens with zero attached hydrogens (tertiary/aromatic N) is 3. The van der Waals surface area contributed by atoms with E-state index in [-0.39, 0.29) is 5.38 Å². The number of hydrogen-bond acceptors (Lipinski definition) is 4. The van der Waals surface area contributed by atoms with E-state index in [1.165, 1.54) is 0 Å². The van der Waals surface area contributed by atoms with Crippen molar-refractivity contribution in [1.82, 2.24) is 15.1 Å². The first-order chi connectivity index (χ1) is 8.75. The van der Waals surface area contributed by atoms with E-state index in [2.05, 4.69) is 15.1 Å². The number of aromatic nitrogens is 3. The van der Waals surface area contributed by atoms with Crippen LogP contribution in [0.1, 0.15) is 18.1 Å². The zero-order valence-electron chi connectivity index (χ0n) is 9.67. The molecule has 0 N–H and O–H groups in total. The molecule has 1 atom stereocenters. The normalized spacial score (nSPS) is 12.8. The minimum absolute atomic E-state index is 0.268. The highest BCUT2D eigenvalue weighted by atomic mass is 35.5. The van der Waals surface area contributed by atoms with E-state index in [9.17, 15) is 0 Å².